The monoisotopic (exact) mass is 291 g/mol. The summed E-state index contributed by atoms with van der Waals surface area (Å²) >= 11 is 0. The molecule has 0 N–H and O–H groups in total. The zero-order valence-corrected chi connectivity index (χ0v) is 13.1. The number of hydrogen-bond donors (Lipinski definition) is 0. The maximum absolute atomic E-state index is 12.3. The highest BCUT2D eigenvalue weighted by Crippen LogP contribution is 2.47. The molecule has 112 valence electrons. The Morgan fingerprint density at radius 1 is 1.32 bits per heavy atom. The number of benzene rings is 2. The first-order valence-corrected chi connectivity index (χ1v) is 8.27. The maximum atomic E-state index is 12.3. The van der Waals surface area contributed by atoms with E-state index < -0.39 is 0 Å². The van der Waals surface area contributed by atoms with E-state index in [-0.39, 0.29) is 11.9 Å². The molecule has 1 saturated heterocycles. The number of unbranched alkanes of at least 4 members (excludes halogenated alkanes) is 1. The van der Waals surface area contributed by atoms with Crippen LogP contribution in [-0.2, 0) is 11.2 Å². The second kappa shape index (κ2) is 4.98. The van der Waals surface area contributed by atoms with Crippen LogP contribution in [0.1, 0.15) is 55.3 Å². The van der Waals surface area contributed by atoms with Gasteiger partial charge in [0, 0.05) is 17.7 Å². The SMILES string of the molecule is C=C1c2cccc3cc(CCCC)cc(c23)C2CCC(=O)N12. The minimum absolute atomic E-state index is 0.193. The van der Waals surface area contributed by atoms with Crippen LogP contribution >= 0.6 is 0 Å². The third-order valence-corrected chi connectivity index (χ3v) is 5.06. The number of amides is 1. The number of nitrogens with zero attached hydrogens (tertiary/aromatic N) is 1. The molecule has 0 saturated carbocycles. The summed E-state index contributed by atoms with van der Waals surface area (Å²) in [5.41, 5.74) is 4.73. The van der Waals surface area contributed by atoms with Crippen molar-refractivity contribution in [1.82, 2.24) is 4.90 Å². The highest BCUT2D eigenvalue weighted by Gasteiger charge is 2.39. The number of rotatable bonds is 3. The van der Waals surface area contributed by atoms with Crippen LogP contribution in [-0.4, -0.2) is 10.8 Å². The third-order valence-electron chi connectivity index (χ3n) is 5.06. The van der Waals surface area contributed by atoms with Gasteiger partial charge in [-0.3, -0.25) is 4.79 Å². The number of carbonyl (C=O) groups is 1. The normalized spacial score (nSPS) is 19.9. The molecule has 1 fully saturated rings. The average molecular weight is 291 g/mol. The molecule has 22 heavy (non-hydrogen) atoms. The standard InChI is InChI=1S/C20H21NO/c1-3-4-6-14-11-15-7-5-8-16-13(2)21-18(9-10-19(21)22)17(12-14)20(15)16/h5,7-8,11-12,18H,2-4,6,9-10H2,1H3. The minimum Gasteiger partial charge on any atom is -0.305 e. The summed E-state index contributed by atoms with van der Waals surface area (Å²) in [5.74, 6) is 0.219. The summed E-state index contributed by atoms with van der Waals surface area (Å²) in [6.07, 6.45) is 5.09. The van der Waals surface area contributed by atoms with Gasteiger partial charge in [-0.05, 0) is 41.2 Å². The summed E-state index contributed by atoms with van der Waals surface area (Å²) < 4.78 is 0. The van der Waals surface area contributed by atoms with Gasteiger partial charge in [0.2, 0.25) is 5.91 Å². The number of carbonyl (C=O) groups excluding carboxylic acids is 1. The van der Waals surface area contributed by atoms with E-state index in [4.69, 9.17) is 0 Å². The molecule has 0 radical (unpaired) electrons. The van der Waals surface area contributed by atoms with Crippen molar-refractivity contribution in [3.05, 3.63) is 53.6 Å². The van der Waals surface area contributed by atoms with Gasteiger partial charge in [0.1, 0.15) is 0 Å². The Labute approximate surface area is 131 Å². The van der Waals surface area contributed by atoms with Crippen LogP contribution in [0.5, 0.6) is 0 Å². The number of aryl methyl sites for hydroxylation is 1. The molecule has 2 nitrogen and oxygen atoms in total. The van der Waals surface area contributed by atoms with E-state index in [0.717, 1.165) is 24.1 Å². The second-order valence-corrected chi connectivity index (χ2v) is 6.46. The van der Waals surface area contributed by atoms with Gasteiger partial charge >= 0.3 is 0 Å². The van der Waals surface area contributed by atoms with Crippen LogP contribution in [0.4, 0.5) is 0 Å². The topological polar surface area (TPSA) is 20.3 Å². The Hall–Kier alpha value is -2.09. The van der Waals surface area contributed by atoms with Crippen LogP contribution in [0.15, 0.2) is 36.9 Å². The molecule has 2 aromatic rings. The largest absolute Gasteiger partial charge is 0.305 e. The molecular weight excluding hydrogens is 270 g/mol. The van der Waals surface area contributed by atoms with Crippen LogP contribution in [0.25, 0.3) is 16.5 Å². The average Bonchev–Trinajstić information content (AvgIpc) is 2.92. The zero-order chi connectivity index (χ0) is 15.3. The van der Waals surface area contributed by atoms with Crippen molar-refractivity contribution >= 4 is 22.4 Å². The molecule has 2 aliphatic rings. The van der Waals surface area contributed by atoms with E-state index in [1.807, 2.05) is 4.90 Å². The van der Waals surface area contributed by atoms with Crippen molar-refractivity contribution in [2.24, 2.45) is 0 Å². The van der Waals surface area contributed by atoms with Crippen molar-refractivity contribution in [1.29, 1.82) is 0 Å². The van der Waals surface area contributed by atoms with E-state index in [2.05, 4.69) is 43.8 Å². The molecule has 0 aliphatic carbocycles. The predicted octanol–water partition coefficient (Wildman–Crippen LogP) is 4.83. The first kappa shape index (κ1) is 13.6. The van der Waals surface area contributed by atoms with E-state index in [0.29, 0.717) is 6.42 Å². The lowest BCUT2D eigenvalue weighted by atomic mass is 9.86. The van der Waals surface area contributed by atoms with Gasteiger partial charge in [0.05, 0.1) is 6.04 Å². The van der Waals surface area contributed by atoms with Crippen LogP contribution in [0.2, 0.25) is 0 Å². The molecule has 1 amide bonds. The summed E-state index contributed by atoms with van der Waals surface area (Å²) in [5, 5.41) is 2.60. The van der Waals surface area contributed by atoms with Gasteiger partial charge in [-0.2, -0.15) is 0 Å². The molecule has 4 rings (SSSR count). The summed E-state index contributed by atoms with van der Waals surface area (Å²) in [6, 6.07) is 11.2. The summed E-state index contributed by atoms with van der Waals surface area (Å²) in [6.45, 7) is 6.44. The minimum atomic E-state index is 0.193. The van der Waals surface area contributed by atoms with Gasteiger partial charge in [0.15, 0.2) is 0 Å². The Kier molecular flexibility index (Phi) is 3.07. The van der Waals surface area contributed by atoms with Crippen molar-refractivity contribution in [3.8, 4) is 0 Å². The fourth-order valence-electron chi connectivity index (χ4n) is 4.00. The third kappa shape index (κ3) is 1.83. The van der Waals surface area contributed by atoms with Crippen LogP contribution < -0.4 is 0 Å². The van der Waals surface area contributed by atoms with Gasteiger partial charge < -0.3 is 4.90 Å². The maximum Gasteiger partial charge on any atom is 0.227 e. The van der Waals surface area contributed by atoms with E-state index >= 15 is 0 Å². The molecule has 0 aromatic heterocycles. The molecule has 0 spiro atoms. The van der Waals surface area contributed by atoms with Gasteiger partial charge in [-0.1, -0.05) is 50.3 Å². The first-order valence-electron chi connectivity index (χ1n) is 8.27. The van der Waals surface area contributed by atoms with Gasteiger partial charge in [-0.25, -0.2) is 0 Å². The molecule has 2 aromatic carbocycles. The van der Waals surface area contributed by atoms with Crippen molar-refractivity contribution in [2.75, 3.05) is 0 Å². The van der Waals surface area contributed by atoms with Crippen LogP contribution in [0, 0.1) is 0 Å². The van der Waals surface area contributed by atoms with Crippen molar-refractivity contribution < 1.29 is 4.79 Å². The molecule has 1 atom stereocenters. The quantitative estimate of drug-likeness (QED) is 0.793. The molecule has 2 heteroatoms. The molecule has 0 bridgehead atoms. The smallest absolute Gasteiger partial charge is 0.227 e. The van der Waals surface area contributed by atoms with Gasteiger partial charge in [-0.15, -0.1) is 0 Å². The van der Waals surface area contributed by atoms with E-state index in [1.165, 1.54) is 34.7 Å². The fourth-order valence-corrected chi connectivity index (χ4v) is 4.00. The Balaban J connectivity index is 1.95. The van der Waals surface area contributed by atoms with Crippen molar-refractivity contribution in [3.63, 3.8) is 0 Å². The fraction of sp³-hybridized carbons (Fsp3) is 0.350. The second-order valence-electron chi connectivity index (χ2n) is 6.46. The Bertz CT molecular complexity index is 790. The van der Waals surface area contributed by atoms with E-state index in [9.17, 15) is 4.79 Å². The molecular formula is C20H21NO. The summed E-state index contributed by atoms with van der Waals surface area (Å²) in [7, 11) is 0. The van der Waals surface area contributed by atoms with Crippen LogP contribution in [0.3, 0.4) is 0 Å². The van der Waals surface area contributed by atoms with E-state index in [1.54, 1.807) is 0 Å². The first-order chi connectivity index (χ1) is 10.7. The highest BCUT2D eigenvalue weighted by atomic mass is 16.2. The number of hydrogen-bond acceptors (Lipinski definition) is 1. The molecule has 1 unspecified atom stereocenters. The van der Waals surface area contributed by atoms with Gasteiger partial charge in [0.25, 0.3) is 0 Å². The molecule has 2 heterocycles. The Morgan fingerprint density at radius 2 is 2.18 bits per heavy atom. The Morgan fingerprint density at radius 3 is 3.00 bits per heavy atom. The zero-order valence-electron chi connectivity index (χ0n) is 13.1. The lowest BCUT2D eigenvalue weighted by Gasteiger charge is -2.34. The van der Waals surface area contributed by atoms with Crippen molar-refractivity contribution in [2.45, 2.75) is 45.1 Å². The summed E-state index contributed by atoms with van der Waals surface area (Å²) in [4.78, 5) is 14.2. The predicted molar refractivity (Wildman–Crippen MR) is 90.4 cm³/mol. The molecule has 2 aliphatic heterocycles. The lowest BCUT2D eigenvalue weighted by Crippen LogP contribution is -2.29. The number of fused-ring (bicyclic) bond motifs is 2. The lowest BCUT2D eigenvalue weighted by molar-refractivity contribution is -0.125. The highest BCUT2D eigenvalue weighted by molar-refractivity contribution is 6.03.